The van der Waals surface area contributed by atoms with Crippen molar-refractivity contribution in [2.75, 3.05) is 13.7 Å². The van der Waals surface area contributed by atoms with Crippen LogP contribution in [0.4, 0.5) is 0 Å². The van der Waals surface area contributed by atoms with Crippen LogP contribution in [-0.4, -0.2) is 18.6 Å². The number of thiophene rings is 1. The average molecular weight is 202 g/mol. The van der Waals surface area contributed by atoms with Gasteiger partial charge in [-0.05, 0) is 11.4 Å². The topological polar surface area (TPSA) is 64.4 Å². The molecule has 1 N–H and O–H groups in total. The monoisotopic (exact) mass is 202 g/mol. The normalized spacial score (nSPS) is 12.7. The van der Waals surface area contributed by atoms with Crippen molar-refractivity contribution < 1.29 is 9.76 Å². The van der Waals surface area contributed by atoms with Gasteiger partial charge in [0.25, 0.3) is 0 Å². The highest BCUT2D eigenvalue weighted by Crippen LogP contribution is 2.18. The van der Waals surface area contributed by atoms with E-state index in [4.69, 9.17) is 0 Å². The summed E-state index contributed by atoms with van der Waals surface area (Å²) in [6, 6.07) is 3.33. The van der Waals surface area contributed by atoms with Crippen LogP contribution in [0.1, 0.15) is 10.9 Å². The molecule has 72 valence electrons. The highest BCUT2D eigenvalue weighted by Gasteiger charge is 2.17. The van der Waals surface area contributed by atoms with Gasteiger partial charge in [-0.25, -0.2) is 0 Å². The van der Waals surface area contributed by atoms with Crippen LogP contribution in [0.2, 0.25) is 0 Å². The summed E-state index contributed by atoms with van der Waals surface area (Å²) in [5.74, 6) is 0. The second-order valence-corrected chi connectivity index (χ2v) is 3.38. The predicted octanol–water partition coefficient (Wildman–Crippen LogP) is 1.22. The molecule has 1 aromatic heterocycles. The van der Waals surface area contributed by atoms with Crippen molar-refractivity contribution in [1.82, 2.24) is 5.48 Å². The smallest absolute Gasteiger partial charge is 0.226 e. The Labute approximate surface area is 79.4 Å². The molecule has 1 heterocycles. The highest BCUT2D eigenvalue weighted by molar-refractivity contribution is 7.10. The van der Waals surface area contributed by atoms with Crippen molar-refractivity contribution >= 4 is 11.3 Å². The number of rotatable bonds is 5. The van der Waals surface area contributed by atoms with E-state index in [2.05, 4.69) is 10.3 Å². The Morgan fingerprint density at radius 3 is 3.08 bits per heavy atom. The zero-order chi connectivity index (χ0) is 9.68. The number of nitrogens with one attached hydrogen (secondary N) is 1. The molecule has 0 saturated heterocycles. The van der Waals surface area contributed by atoms with Gasteiger partial charge in [-0.15, -0.1) is 11.3 Å². The molecule has 6 heteroatoms. The molecule has 1 aromatic rings. The van der Waals surface area contributed by atoms with E-state index < -0.39 is 0 Å². The molecule has 13 heavy (non-hydrogen) atoms. The van der Waals surface area contributed by atoms with Gasteiger partial charge in [-0.1, -0.05) is 6.07 Å². The molecule has 0 amide bonds. The first-order chi connectivity index (χ1) is 6.24. The third kappa shape index (κ3) is 3.10. The third-order valence-corrected chi connectivity index (χ3v) is 2.46. The van der Waals surface area contributed by atoms with Gasteiger partial charge in [-0.2, -0.15) is 5.48 Å². The molecule has 0 bridgehead atoms. The van der Waals surface area contributed by atoms with Gasteiger partial charge in [0.15, 0.2) is 0 Å². The van der Waals surface area contributed by atoms with Crippen LogP contribution in [0.5, 0.6) is 0 Å². The highest BCUT2D eigenvalue weighted by atomic mass is 32.1. The molecule has 0 aliphatic heterocycles. The minimum atomic E-state index is -0.365. The van der Waals surface area contributed by atoms with E-state index in [1.54, 1.807) is 0 Å². The van der Waals surface area contributed by atoms with Crippen molar-refractivity contribution in [3.63, 3.8) is 0 Å². The molecule has 0 saturated carbocycles. The lowest BCUT2D eigenvalue weighted by Crippen LogP contribution is -2.26. The first-order valence-electron chi connectivity index (χ1n) is 3.67. The van der Waals surface area contributed by atoms with E-state index in [0.29, 0.717) is 0 Å². The Kier molecular flexibility index (Phi) is 3.81. The Balaban J connectivity index is 2.62. The van der Waals surface area contributed by atoms with Crippen molar-refractivity contribution in [2.24, 2.45) is 0 Å². The summed E-state index contributed by atoms with van der Waals surface area (Å²) in [5.41, 5.74) is 2.59. The quantitative estimate of drug-likeness (QED) is 0.576. The third-order valence-electron chi connectivity index (χ3n) is 1.48. The zero-order valence-electron chi connectivity index (χ0n) is 7.10. The number of hydrogen-bond donors (Lipinski definition) is 1. The first kappa shape index (κ1) is 10.1. The second kappa shape index (κ2) is 4.90. The molecule has 1 rings (SSSR count). The SMILES string of the molecule is CONC(C[N+](=O)[O-])c1cccs1. The summed E-state index contributed by atoms with van der Waals surface area (Å²) < 4.78 is 0. The van der Waals surface area contributed by atoms with Gasteiger partial charge in [-0.3, -0.25) is 10.1 Å². The molecule has 0 aliphatic carbocycles. The Morgan fingerprint density at radius 1 is 1.85 bits per heavy atom. The van der Waals surface area contributed by atoms with Crippen LogP contribution in [0, 0.1) is 10.1 Å². The van der Waals surface area contributed by atoms with Crippen LogP contribution in [0.15, 0.2) is 17.5 Å². The fraction of sp³-hybridized carbons (Fsp3) is 0.429. The van der Waals surface area contributed by atoms with Crippen molar-refractivity contribution in [2.45, 2.75) is 6.04 Å². The van der Waals surface area contributed by atoms with Crippen molar-refractivity contribution in [3.05, 3.63) is 32.5 Å². The lowest BCUT2D eigenvalue weighted by molar-refractivity contribution is -0.486. The van der Waals surface area contributed by atoms with Gasteiger partial charge in [0.2, 0.25) is 6.54 Å². The minimum absolute atomic E-state index is 0.172. The van der Waals surface area contributed by atoms with Crippen LogP contribution >= 0.6 is 11.3 Å². The molecule has 0 radical (unpaired) electrons. The van der Waals surface area contributed by atoms with E-state index in [1.807, 2.05) is 17.5 Å². The standard InChI is InChI=1S/C7H10N2O3S/c1-12-8-6(5-9(10)11)7-3-2-4-13-7/h2-4,6,8H,5H2,1H3. The molecular weight excluding hydrogens is 192 g/mol. The van der Waals surface area contributed by atoms with Crippen LogP contribution in [0.3, 0.4) is 0 Å². The molecule has 1 atom stereocenters. The summed E-state index contributed by atoms with van der Waals surface area (Å²) in [7, 11) is 1.44. The average Bonchev–Trinajstić information content (AvgIpc) is 2.54. The molecule has 5 nitrogen and oxygen atoms in total. The second-order valence-electron chi connectivity index (χ2n) is 2.41. The molecule has 0 spiro atoms. The van der Waals surface area contributed by atoms with Crippen molar-refractivity contribution in [3.8, 4) is 0 Å². The number of hydrogen-bond acceptors (Lipinski definition) is 5. The maximum Gasteiger partial charge on any atom is 0.226 e. The van der Waals surface area contributed by atoms with Gasteiger partial charge >= 0.3 is 0 Å². The number of hydroxylamine groups is 1. The summed E-state index contributed by atoms with van der Waals surface area (Å²) in [6.45, 7) is -0.172. The molecule has 0 aromatic carbocycles. The van der Waals surface area contributed by atoms with Gasteiger partial charge in [0.05, 0.1) is 7.11 Å². The van der Waals surface area contributed by atoms with Crippen molar-refractivity contribution in [1.29, 1.82) is 0 Å². The summed E-state index contributed by atoms with van der Waals surface area (Å²) in [5, 5.41) is 12.2. The predicted molar refractivity (Wildman–Crippen MR) is 49.1 cm³/mol. The zero-order valence-corrected chi connectivity index (χ0v) is 7.91. The van der Waals surface area contributed by atoms with Crippen LogP contribution < -0.4 is 5.48 Å². The molecular formula is C7H10N2O3S. The van der Waals surface area contributed by atoms with E-state index in [1.165, 1.54) is 18.4 Å². The summed E-state index contributed by atoms with van der Waals surface area (Å²) in [6.07, 6.45) is 0. The number of nitrogens with zero attached hydrogens (tertiary/aromatic N) is 1. The molecule has 0 aliphatic rings. The maximum atomic E-state index is 10.3. The molecule has 0 fully saturated rings. The minimum Gasteiger partial charge on any atom is -0.304 e. The Bertz CT molecular complexity index is 263. The Morgan fingerprint density at radius 2 is 2.62 bits per heavy atom. The summed E-state index contributed by atoms with van der Waals surface area (Å²) in [4.78, 5) is 15.5. The first-order valence-corrected chi connectivity index (χ1v) is 4.55. The van der Waals surface area contributed by atoms with Gasteiger partial charge in [0, 0.05) is 9.80 Å². The lowest BCUT2D eigenvalue weighted by atomic mass is 10.2. The van der Waals surface area contributed by atoms with E-state index in [-0.39, 0.29) is 17.5 Å². The summed E-state index contributed by atoms with van der Waals surface area (Å²) >= 11 is 1.47. The fourth-order valence-electron chi connectivity index (χ4n) is 0.966. The molecule has 1 unspecified atom stereocenters. The van der Waals surface area contributed by atoms with E-state index in [0.717, 1.165) is 4.88 Å². The van der Waals surface area contributed by atoms with Gasteiger partial charge < -0.3 is 4.84 Å². The largest absolute Gasteiger partial charge is 0.304 e. The fourth-order valence-corrected chi connectivity index (χ4v) is 1.72. The number of nitro groups is 1. The Hall–Kier alpha value is -0.980. The van der Waals surface area contributed by atoms with E-state index in [9.17, 15) is 10.1 Å². The van der Waals surface area contributed by atoms with E-state index >= 15 is 0 Å². The maximum absolute atomic E-state index is 10.3. The van der Waals surface area contributed by atoms with Gasteiger partial charge in [0.1, 0.15) is 6.04 Å². The lowest BCUT2D eigenvalue weighted by Gasteiger charge is -2.10. The van der Waals surface area contributed by atoms with Crippen LogP contribution in [0.25, 0.3) is 0 Å². The van der Waals surface area contributed by atoms with Crippen LogP contribution in [-0.2, 0) is 4.84 Å².